The van der Waals surface area contributed by atoms with Gasteiger partial charge in [-0.25, -0.2) is 0 Å². The van der Waals surface area contributed by atoms with Crippen molar-refractivity contribution in [2.24, 2.45) is 11.3 Å². The second-order valence-corrected chi connectivity index (χ2v) is 6.12. The van der Waals surface area contributed by atoms with Gasteiger partial charge in [0.05, 0.1) is 6.61 Å². The van der Waals surface area contributed by atoms with Crippen molar-refractivity contribution in [3.8, 4) is 5.75 Å². The fraction of sp³-hybridized carbons (Fsp3) is 0.588. The summed E-state index contributed by atoms with van der Waals surface area (Å²) < 4.78 is 5.73. The predicted octanol–water partition coefficient (Wildman–Crippen LogP) is 2.93. The monoisotopic (exact) mass is 273 g/mol. The SMILES string of the molecule is CCCOc1ccccc1CCNC(=O)[C@@H]1CC12CC2. The van der Waals surface area contributed by atoms with E-state index in [4.69, 9.17) is 4.74 Å². The number of amides is 1. The Morgan fingerprint density at radius 3 is 2.90 bits per heavy atom. The van der Waals surface area contributed by atoms with E-state index in [1.165, 1.54) is 18.4 Å². The van der Waals surface area contributed by atoms with Crippen molar-refractivity contribution in [1.29, 1.82) is 0 Å². The molecule has 0 heterocycles. The average Bonchev–Trinajstić information content (AvgIpc) is 3.38. The molecule has 108 valence electrons. The Hall–Kier alpha value is -1.51. The van der Waals surface area contributed by atoms with Crippen LogP contribution in [0.2, 0.25) is 0 Å². The lowest BCUT2D eigenvalue weighted by Crippen LogP contribution is -2.27. The highest BCUT2D eigenvalue weighted by Crippen LogP contribution is 2.70. The Morgan fingerprint density at radius 1 is 1.40 bits per heavy atom. The molecule has 0 aromatic heterocycles. The molecule has 3 rings (SSSR count). The van der Waals surface area contributed by atoms with Crippen LogP contribution in [0, 0.1) is 11.3 Å². The first-order chi connectivity index (χ1) is 9.75. The van der Waals surface area contributed by atoms with Gasteiger partial charge in [-0.15, -0.1) is 0 Å². The van der Waals surface area contributed by atoms with Gasteiger partial charge in [0.2, 0.25) is 5.91 Å². The van der Waals surface area contributed by atoms with Crippen LogP contribution in [0.15, 0.2) is 24.3 Å². The second-order valence-electron chi connectivity index (χ2n) is 6.12. The molecule has 1 atom stereocenters. The van der Waals surface area contributed by atoms with E-state index < -0.39 is 0 Å². The third-order valence-electron chi connectivity index (χ3n) is 4.53. The highest BCUT2D eigenvalue weighted by molar-refractivity contribution is 5.83. The summed E-state index contributed by atoms with van der Waals surface area (Å²) in [4.78, 5) is 12.0. The minimum Gasteiger partial charge on any atom is -0.493 e. The van der Waals surface area contributed by atoms with Crippen LogP contribution >= 0.6 is 0 Å². The number of carbonyl (C=O) groups is 1. The van der Waals surface area contributed by atoms with Crippen LogP contribution in [0.5, 0.6) is 5.75 Å². The molecule has 1 aromatic rings. The van der Waals surface area contributed by atoms with E-state index >= 15 is 0 Å². The number of rotatable bonds is 7. The van der Waals surface area contributed by atoms with Crippen LogP contribution in [-0.4, -0.2) is 19.1 Å². The molecule has 0 unspecified atom stereocenters. The molecule has 2 saturated carbocycles. The molecular formula is C17H23NO2. The molecule has 0 saturated heterocycles. The van der Waals surface area contributed by atoms with E-state index in [9.17, 15) is 4.79 Å². The predicted molar refractivity (Wildman–Crippen MR) is 78.7 cm³/mol. The zero-order chi connectivity index (χ0) is 14.0. The largest absolute Gasteiger partial charge is 0.493 e. The van der Waals surface area contributed by atoms with Crippen LogP contribution in [0.25, 0.3) is 0 Å². The molecule has 0 radical (unpaired) electrons. The summed E-state index contributed by atoms with van der Waals surface area (Å²) >= 11 is 0. The third-order valence-corrected chi connectivity index (χ3v) is 4.53. The summed E-state index contributed by atoms with van der Waals surface area (Å²) in [5.41, 5.74) is 1.63. The minimum absolute atomic E-state index is 0.259. The molecule has 0 aliphatic heterocycles. The molecule has 1 spiro atoms. The fourth-order valence-electron chi connectivity index (χ4n) is 2.94. The highest BCUT2D eigenvalue weighted by Gasteiger charge is 2.65. The Balaban J connectivity index is 1.46. The number of nitrogens with one attached hydrogen (secondary N) is 1. The van der Waals surface area contributed by atoms with Crippen LogP contribution in [0.3, 0.4) is 0 Å². The van der Waals surface area contributed by atoms with Gasteiger partial charge in [0.25, 0.3) is 0 Å². The van der Waals surface area contributed by atoms with E-state index in [1.807, 2.05) is 18.2 Å². The van der Waals surface area contributed by atoms with Crippen molar-refractivity contribution >= 4 is 5.91 Å². The number of para-hydroxylation sites is 1. The Bertz CT molecular complexity index is 494. The van der Waals surface area contributed by atoms with Crippen LogP contribution < -0.4 is 10.1 Å². The van der Waals surface area contributed by atoms with Gasteiger partial charge >= 0.3 is 0 Å². The molecule has 20 heavy (non-hydrogen) atoms. The lowest BCUT2D eigenvalue weighted by molar-refractivity contribution is -0.122. The van der Waals surface area contributed by atoms with Crippen molar-refractivity contribution in [1.82, 2.24) is 5.32 Å². The van der Waals surface area contributed by atoms with Crippen LogP contribution in [0.1, 0.15) is 38.2 Å². The first-order valence-electron chi connectivity index (χ1n) is 7.73. The number of carbonyl (C=O) groups excluding carboxylic acids is 1. The van der Waals surface area contributed by atoms with Gasteiger partial charge in [0.15, 0.2) is 0 Å². The van der Waals surface area contributed by atoms with Gasteiger partial charge in [0, 0.05) is 12.5 Å². The Kier molecular flexibility index (Phi) is 3.68. The summed E-state index contributed by atoms with van der Waals surface area (Å²) in [5.74, 6) is 1.53. The number of hydrogen-bond donors (Lipinski definition) is 1. The second kappa shape index (κ2) is 5.47. The summed E-state index contributed by atoms with van der Waals surface area (Å²) in [6.07, 6.45) is 5.49. The lowest BCUT2D eigenvalue weighted by atomic mass is 10.1. The van der Waals surface area contributed by atoms with E-state index in [0.29, 0.717) is 17.9 Å². The van der Waals surface area contributed by atoms with Gasteiger partial charge in [-0.3, -0.25) is 4.79 Å². The summed E-state index contributed by atoms with van der Waals surface area (Å²) in [7, 11) is 0. The molecule has 1 N–H and O–H groups in total. The van der Waals surface area contributed by atoms with E-state index in [0.717, 1.165) is 31.6 Å². The first-order valence-corrected chi connectivity index (χ1v) is 7.73. The molecule has 3 heteroatoms. The fourth-order valence-corrected chi connectivity index (χ4v) is 2.94. The van der Waals surface area contributed by atoms with Gasteiger partial charge in [-0.1, -0.05) is 25.1 Å². The maximum Gasteiger partial charge on any atom is 0.223 e. The van der Waals surface area contributed by atoms with E-state index in [2.05, 4.69) is 18.3 Å². The van der Waals surface area contributed by atoms with Crippen molar-refractivity contribution in [2.45, 2.75) is 39.0 Å². The van der Waals surface area contributed by atoms with Crippen molar-refractivity contribution in [3.63, 3.8) is 0 Å². The van der Waals surface area contributed by atoms with Gasteiger partial charge in [0.1, 0.15) is 5.75 Å². The Morgan fingerprint density at radius 2 is 2.20 bits per heavy atom. The van der Waals surface area contributed by atoms with Crippen molar-refractivity contribution in [2.75, 3.05) is 13.2 Å². The molecule has 3 nitrogen and oxygen atoms in total. The van der Waals surface area contributed by atoms with Gasteiger partial charge in [-0.2, -0.15) is 0 Å². The minimum atomic E-state index is 0.259. The smallest absolute Gasteiger partial charge is 0.223 e. The molecule has 2 fully saturated rings. The Labute approximate surface area is 120 Å². The third kappa shape index (κ3) is 2.82. The molecule has 2 aliphatic rings. The standard InChI is InChI=1S/C17H23NO2/c1-2-11-20-15-6-4-3-5-13(15)7-10-18-16(19)14-12-17(14)8-9-17/h3-6,14H,2,7-12H2,1H3,(H,18,19)/t14-/m0/s1. The van der Waals surface area contributed by atoms with E-state index in [-0.39, 0.29) is 5.91 Å². The van der Waals surface area contributed by atoms with Gasteiger partial charge in [-0.05, 0) is 49.1 Å². The first kappa shape index (κ1) is 13.5. The summed E-state index contributed by atoms with van der Waals surface area (Å²) in [5, 5.41) is 3.08. The topological polar surface area (TPSA) is 38.3 Å². The van der Waals surface area contributed by atoms with Crippen molar-refractivity contribution < 1.29 is 9.53 Å². The lowest BCUT2D eigenvalue weighted by Gasteiger charge is -2.11. The number of ether oxygens (including phenoxy) is 1. The molecular weight excluding hydrogens is 250 g/mol. The van der Waals surface area contributed by atoms with Gasteiger partial charge < -0.3 is 10.1 Å². The molecule has 1 aromatic carbocycles. The number of hydrogen-bond acceptors (Lipinski definition) is 2. The maximum atomic E-state index is 12.0. The highest BCUT2D eigenvalue weighted by atomic mass is 16.5. The normalized spacial score (nSPS) is 21.6. The zero-order valence-electron chi connectivity index (χ0n) is 12.2. The summed E-state index contributed by atoms with van der Waals surface area (Å²) in [6.45, 7) is 3.55. The maximum absolute atomic E-state index is 12.0. The van der Waals surface area contributed by atoms with Crippen molar-refractivity contribution in [3.05, 3.63) is 29.8 Å². The summed E-state index contributed by atoms with van der Waals surface area (Å²) in [6, 6.07) is 8.10. The quantitative estimate of drug-likeness (QED) is 0.829. The number of benzene rings is 1. The molecule has 0 bridgehead atoms. The zero-order valence-corrected chi connectivity index (χ0v) is 12.2. The average molecular weight is 273 g/mol. The van der Waals surface area contributed by atoms with Crippen LogP contribution in [0.4, 0.5) is 0 Å². The van der Waals surface area contributed by atoms with E-state index in [1.54, 1.807) is 0 Å². The molecule has 1 amide bonds. The van der Waals surface area contributed by atoms with Crippen LogP contribution in [-0.2, 0) is 11.2 Å². The molecule has 2 aliphatic carbocycles.